The number of allylic oxidation sites excluding steroid dienone is 1. The molecule has 2 aliphatic rings. The largest absolute Gasteiger partial charge is 0.511 e. The molecule has 1 aliphatic heterocycles. The van der Waals surface area contributed by atoms with Gasteiger partial charge in [-0.05, 0) is 51.2 Å². The van der Waals surface area contributed by atoms with Crippen LogP contribution >= 0.6 is 0 Å². The van der Waals surface area contributed by atoms with Gasteiger partial charge in [-0.25, -0.2) is 0 Å². The summed E-state index contributed by atoms with van der Waals surface area (Å²) in [5.74, 6) is -0.892. The summed E-state index contributed by atoms with van der Waals surface area (Å²) >= 11 is 0. The Morgan fingerprint density at radius 3 is 2.62 bits per heavy atom. The topological polar surface area (TPSA) is 151 Å². The van der Waals surface area contributed by atoms with Gasteiger partial charge in [-0.3, -0.25) is 14.9 Å². The third-order valence-corrected chi connectivity index (χ3v) is 6.09. The van der Waals surface area contributed by atoms with Crippen molar-refractivity contribution in [3.8, 4) is 5.75 Å². The standard InChI is InChI=1S/C23H26N4O7/c1-13-18(28)12-19(33-16-5-3-15(4-6-16)27(31)32)21(22(13)29)17-11-20(34-25-17)23(30)24-14-7-9-26(2)10-8-14/h3-6,11-14,18,28-29H,7-10H2,1-2H3,(H,24,30). The highest BCUT2D eigenvalue weighted by atomic mass is 16.6. The highest BCUT2D eigenvalue weighted by Gasteiger charge is 2.32. The summed E-state index contributed by atoms with van der Waals surface area (Å²) in [5.41, 5.74) is 0.227. The molecule has 1 amide bonds. The first-order valence-corrected chi connectivity index (χ1v) is 10.9. The molecule has 4 rings (SSSR count). The van der Waals surface area contributed by atoms with Gasteiger partial charge < -0.3 is 29.7 Å². The molecule has 2 heterocycles. The summed E-state index contributed by atoms with van der Waals surface area (Å²) in [6, 6.07) is 6.82. The molecule has 1 aliphatic carbocycles. The van der Waals surface area contributed by atoms with Gasteiger partial charge in [0.15, 0.2) is 0 Å². The zero-order valence-electron chi connectivity index (χ0n) is 18.8. The maximum Gasteiger partial charge on any atom is 0.290 e. The Morgan fingerprint density at radius 2 is 1.97 bits per heavy atom. The minimum atomic E-state index is -1.03. The molecule has 2 unspecified atom stereocenters. The molecule has 0 radical (unpaired) electrons. The highest BCUT2D eigenvalue weighted by Crippen LogP contribution is 2.36. The van der Waals surface area contributed by atoms with Crippen molar-refractivity contribution in [2.75, 3.05) is 20.1 Å². The van der Waals surface area contributed by atoms with Gasteiger partial charge in [0, 0.05) is 30.2 Å². The predicted octanol–water partition coefficient (Wildman–Crippen LogP) is 2.65. The van der Waals surface area contributed by atoms with Gasteiger partial charge >= 0.3 is 0 Å². The van der Waals surface area contributed by atoms with Gasteiger partial charge in [0.05, 0.1) is 16.6 Å². The van der Waals surface area contributed by atoms with Crippen LogP contribution in [0.4, 0.5) is 5.69 Å². The summed E-state index contributed by atoms with van der Waals surface area (Å²) in [4.78, 5) is 25.2. The van der Waals surface area contributed by atoms with E-state index in [1.54, 1.807) is 6.92 Å². The van der Waals surface area contributed by atoms with E-state index in [1.165, 1.54) is 36.4 Å². The van der Waals surface area contributed by atoms with E-state index < -0.39 is 22.9 Å². The van der Waals surface area contributed by atoms with Crippen LogP contribution in [0.15, 0.2) is 52.4 Å². The number of piperidine rings is 1. The first-order valence-electron chi connectivity index (χ1n) is 10.9. The Labute approximate surface area is 195 Å². The number of carbonyl (C=O) groups excluding carboxylic acids is 1. The van der Waals surface area contributed by atoms with Crippen molar-refractivity contribution in [3.63, 3.8) is 0 Å². The van der Waals surface area contributed by atoms with Crippen molar-refractivity contribution in [2.45, 2.75) is 31.9 Å². The Morgan fingerprint density at radius 1 is 1.29 bits per heavy atom. The first kappa shape index (κ1) is 23.5. The van der Waals surface area contributed by atoms with E-state index in [2.05, 4.69) is 15.4 Å². The zero-order valence-corrected chi connectivity index (χ0v) is 18.8. The summed E-state index contributed by atoms with van der Waals surface area (Å²) < 4.78 is 11.1. The molecule has 11 nitrogen and oxygen atoms in total. The molecule has 1 fully saturated rings. The quantitative estimate of drug-likeness (QED) is 0.427. The second kappa shape index (κ2) is 9.65. The third kappa shape index (κ3) is 4.95. The van der Waals surface area contributed by atoms with Crippen molar-refractivity contribution >= 4 is 17.2 Å². The number of non-ortho nitro benzene ring substituents is 1. The lowest BCUT2D eigenvalue weighted by Crippen LogP contribution is -2.43. The molecule has 1 saturated heterocycles. The lowest BCUT2D eigenvalue weighted by atomic mass is 9.90. The Bertz CT molecular complexity index is 1130. The smallest absolute Gasteiger partial charge is 0.290 e. The molecule has 11 heteroatoms. The minimum Gasteiger partial charge on any atom is -0.511 e. The lowest BCUT2D eigenvalue weighted by molar-refractivity contribution is -0.384. The predicted molar refractivity (Wildman–Crippen MR) is 121 cm³/mol. The van der Waals surface area contributed by atoms with Gasteiger partial charge in [0.25, 0.3) is 11.6 Å². The molecule has 180 valence electrons. The molecular formula is C23H26N4O7. The number of aliphatic hydroxyl groups excluding tert-OH is 2. The Hall–Kier alpha value is -3.70. The number of aliphatic hydroxyl groups is 2. The number of aromatic nitrogens is 1. The summed E-state index contributed by atoms with van der Waals surface area (Å²) in [6.07, 6.45) is 2.05. The van der Waals surface area contributed by atoms with Crippen LogP contribution in [0.2, 0.25) is 0 Å². The first-order chi connectivity index (χ1) is 16.2. The molecule has 1 aromatic carbocycles. The van der Waals surface area contributed by atoms with Gasteiger partial charge in [-0.15, -0.1) is 0 Å². The molecule has 2 aromatic rings. The molecule has 0 saturated carbocycles. The number of nitro benzene ring substituents is 1. The number of amides is 1. The van der Waals surface area contributed by atoms with E-state index in [0.29, 0.717) is 0 Å². The average molecular weight is 470 g/mol. The number of rotatable bonds is 6. The normalized spacial score (nSPS) is 21.8. The maximum atomic E-state index is 12.7. The van der Waals surface area contributed by atoms with Crippen molar-refractivity contribution in [1.82, 2.24) is 15.4 Å². The fraction of sp³-hybridized carbons (Fsp3) is 0.391. The molecule has 34 heavy (non-hydrogen) atoms. The zero-order chi connectivity index (χ0) is 24.4. The second-order valence-electron chi connectivity index (χ2n) is 8.55. The molecular weight excluding hydrogens is 444 g/mol. The molecule has 1 aromatic heterocycles. The number of nitro groups is 1. The molecule has 0 spiro atoms. The molecule has 0 bridgehead atoms. The van der Waals surface area contributed by atoms with E-state index in [1.807, 2.05) is 7.05 Å². The monoisotopic (exact) mass is 470 g/mol. The maximum absolute atomic E-state index is 12.7. The average Bonchev–Trinajstić information content (AvgIpc) is 3.29. The van der Waals surface area contributed by atoms with Gasteiger partial charge in [0.2, 0.25) is 5.76 Å². The van der Waals surface area contributed by atoms with Crippen molar-refractivity contribution in [1.29, 1.82) is 0 Å². The SMILES string of the molecule is CC1C(O)=C(c2cc(C(=O)NC3CCN(C)CC3)on2)C(Oc2ccc([N+](=O)[O-])cc2)=CC1O. The third-order valence-electron chi connectivity index (χ3n) is 6.09. The fourth-order valence-corrected chi connectivity index (χ4v) is 3.91. The number of ether oxygens (including phenoxy) is 1. The van der Waals surface area contributed by atoms with Gasteiger partial charge in [0.1, 0.15) is 23.0 Å². The van der Waals surface area contributed by atoms with Crippen LogP contribution in [0.1, 0.15) is 36.0 Å². The minimum absolute atomic E-state index is 0.0114. The van der Waals surface area contributed by atoms with Crippen LogP contribution in [-0.2, 0) is 0 Å². The van der Waals surface area contributed by atoms with Crippen molar-refractivity contribution in [3.05, 3.63) is 69.5 Å². The number of benzene rings is 1. The summed E-state index contributed by atoms with van der Waals surface area (Å²) in [5, 5.41) is 38.9. The number of likely N-dealkylation sites (tertiary alicyclic amines) is 1. The molecule has 3 N–H and O–H groups in total. The Kier molecular flexibility index (Phi) is 6.66. The van der Waals surface area contributed by atoms with Crippen molar-refractivity contribution in [2.24, 2.45) is 5.92 Å². The van der Waals surface area contributed by atoms with Crippen LogP contribution in [0, 0.1) is 16.0 Å². The van der Waals surface area contributed by atoms with Crippen LogP contribution in [0.5, 0.6) is 5.75 Å². The van der Waals surface area contributed by atoms with E-state index in [-0.39, 0.29) is 46.0 Å². The number of hydrogen-bond acceptors (Lipinski definition) is 9. The summed E-state index contributed by atoms with van der Waals surface area (Å²) in [7, 11) is 2.03. The Balaban J connectivity index is 1.55. The summed E-state index contributed by atoms with van der Waals surface area (Å²) in [6.45, 7) is 3.41. The van der Waals surface area contributed by atoms with Crippen LogP contribution in [-0.4, -0.2) is 63.4 Å². The number of nitrogens with zero attached hydrogens (tertiary/aromatic N) is 3. The van der Waals surface area contributed by atoms with Crippen LogP contribution in [0.3, 0.4) is 0 Å². The van der Waals surface area contributed by atoms with Crippen molar-refractivity contribution < 1.29 is 29.2 Å². The van der Waals surface area contributed by atoms with Crippen LogP contribution in [0.25, 0.3) is 5.57 Å². The molecule has 2 atom stereocenters. The lowest BCUT2D eigenvalue weighted by Gasteiger charge is -2.29. The van der Waals surface area contributed by atoms with Gasteiger partial charge in [-0.1, -0.05) is 12.1 Å². The highest BCUT2D eigenvalue weighted by molar-refractivity contribution is 5.93. The second-order valence-corrected chi connectivity index (χ2v) is 8.55. The fourth-order valence-electron chi connectivity index (χ4n) is 3.91. The number of nitrogens with one attached hydrogen (secondary N) is 1. The van der Waals surface area contributed by atoms with Gasteiger partial charge in [-0.2, -0.15) is 0 Å². The van der Waals surface area contributed by atoms with E-state index in [9.17, 15) is 25.1 Å². The number of hydrogen-bond donors (Lipinski definition) is 3. The van der Waals surface area contributed by atoms with Crippen LogP contribution < -0.4 is 10.1 Å². The van der Waals surface area contributed by atoms with E-state index in [0.717, 1.165) is 25.9 Å². The van der Waals surface area contributed by atoms with E-state index >= 15 is 0 Å². The van der Waals surface area contributed by atoms with E-state index in [4.69, 9.17) is 9.26 Å². The number of carbonyl (C=O) groups is 1.